The molecule has 0 aliphatic rings. The van der Waals surface area contributed by atoms with Gasteiger partial charge in [-0.3, -0.25) is 4.79 Å². The van der Waals surface area contributed by atoms with E-state index >= 15 is 0 Å². The van der Waals surface area contributed by atoms with Crippen LogP contribution < -0.4 is 10.0 Å². The molecule has 0 radical (unpaired) electrons. The van der Waals surface area contributed by atoms with Crippen LogP contribution in [0.4, 0.5) is 0 Å². The summed E-state index contributed by atoms with van der Waals surface area (Å²) in [6.07, 6.45) is 1.48. The third kappa shape index (κ3) is 6.93. The molecule has 0 aliphatic carbocycles. The zero-order valence-electron chi connectivity index (χ0n) is 11.2. The summed E-state index contributed by atoms with van der Waals surface area (Å²) in [6, 6.07) is 9.80. The maximum atomic E-state index is 11.7. The zero-order valence-corrected chi connectivity index (χ0v) is 12.0. The van der Waals surface area contributed by atoms with E-state index in [0.717, 1.165) is 11.8 Å². The lowest BCUT2D eigenvalue weighted by Gasteiger charge is -2.12. The van der Waals surface area contributed by atoms with E-state index in [-0.39, 0.29) is 18.4 Å². The Hall–Kier alpha value is -1.40. The lowest BCUT2D eigenvalue weighted by molar-refractivity contribution is -0.121. The van der Waals surface area contributed by atoms with E-state index in [1.54, 1.807) is 0 Å². The van der Waals surface area contributed by atoms with E-state index in [1.807, 2.05) is 37.3 Å². The van der Waals surface area contributed by atoms with Crippen LogP contribution in [0.5, 0.6) is 0 Å². The van der Waals surface area contributed by atoms with E-state index in [0.29, 0.717) is 13.0 Å². The standard InChI is InChI=1S/C13H20N2O3S/c1-11(12-6-4-3-5-7-12)10-13(16)14-8-9-15-19(2,17)18/h3-7,11,15H,8-10H2,1-2H3,(H,14,16). The van der Waals surface area contributed by atoms with E-state index in [2.05, 4.69) is 10.0 Å². The molecule has 0 spiro atoms. The second-order valence-corrected chi connectivity index (χ2v) is 6.37. The van der Waals surface area contributed by atoms with Crippen LogP contribution in [0.25, 0.3) is 0 Å². The third-order valence-electron chi connectivity index (χ3n) is 2.67. The van der Waals surface area contributed by atoms with Crippen molar-refractivity contribution in [2.24, 2.45) is 0 Å². The lowest BCUT2D eigenvalue weighted by atomic mass is 9.98. The van der Waals surface area contributed by atoms with Crippen molar-refractivity contribution in [1.29, 1.82) is 0 Å². The van der Waals surface area contributed by atoms with Crippen LogP contribution in [0.15, 0.2) is 30.3 Å². The Morgan fingerprint density at radius 1 is 1.21 bits per heavy atom. The number of amides is 1. The first-order valence-corrected chi connectivity index (χ1v) is 8.04. The normalized spacial score (nSPS) is 12.9. The van der Waals surface area contributed by atoms with Crippen molar-refractivity contribution in [3.8, 4) is 0 Å². The van der Waals surface area contributed by atoms with Crippen molar-refractivity contribution < 1.29 is 13.2 Å². The average Bonchev–Trinajstić information content (AvgIpc) is 2.34. The molecule has 0 saturated carbocycles. The first-order valence-electron chi connectivity index (χ1n) is 6.15. The molecule has 5 nitrogen and oxygen atoms in total. The van der Waals surface area contributed by atoms with Gasteiger partial charge in [0.1, 0.15) is 0 Å². The fourth-order valence-corrected chi connectivity index (χ4v) is 2.16. The third-order valence-corrected chi connectivity index (χ3v) is 3.40. The molecule has 0 saturated heterocycles. The molecule has 6 heteroatoms. The number of nitrogens with one attached hydrogen (secondary N) is 2. The maximum Gasteiger partial charge on any atom is 0.220 e. The molecule has 19 heavy (non-hydrogen) atoms. The monoisotopic (exact) mass is 284 g/mol. The number of rotatable bonds is 7. The number of benzene rings is 1. The van der Waals surface area contributed by atoms with Crippen LogP contribution in [0.3, 0.4) is 0 Å². The van der Waals surface area contributed by atoms with Gasteiger partial charge >= 0.3 is 0 Å². The van der Waals surface area contributed by atoms with Gasteiger partial charge in [0.25, 0.3) is 0 Å². The molecule has 1 rings (SSSR count). The van der Waals surface area contributed by atoms with Crippen LogP contribution in [-0.2, 0) is 14.8 Å². The highest BCUT2D eigenvalue weighted by Crippen LogP contribution is 2.17. The highest BCUT2D eigenvalue weighted by Gasteiger charge is 2.10. The number of sulfonamides is 1. The minimum absolute atomic E-state index is 0.0772. The van der Waals surface area contributed by atoms with Crippen LogP contribution in [-0.4, -0.2) is 33.7 Å². The summed E-state index contributed by atoms with van der Waals surface area (Å²) >= 11 is 0. The Labute approximate surface area is 114 Å². The van der Waals surface area contributed by atoms with Gasteiger partial charge < -0.3 is 5.32 Å². The fraction of sp³-hybridized carbons (Fsp3) is 0.462. The molecular formula is C13H20N2O3S. The maximum absolute atomic E-state index is 11.7. The Balaban J connectivity index is 2.28. The van der Waals surface area contributed by atoms with Crippen molar-refractivity contribution in [3.05, 3.63) is 35.9 Å². The van der Waals surface area contributed by atoms with Gasteiger partial charge in [0.05, 0.1) is 6.26 Å². The van der Waals surface area contributed by atoms with E-state index < -0.39 is 10.0 Å². The molecule has 0 heterocycles. The molecule has 1 aromatic rings. The summed E-state index contributed by atoms with van der Waals surface area (Å²) < 4.78 is 23.9. The van der Waals surface area contributed by atoms with Crippen LogP contribution >= 0.6 is 0 Å². The Bertz CT molecular complexity index is 500. The molecule has 0 aromatic heterocycles. The van der Waals surface area contributed by atoms with Gasteiger partial charge in [-0.05, 0) is 11.5 Å². The van der Waals surface area contributed by atoms with Crippen molar-refractivity contribution in [2.75, 3.05) is 19.3 Å². The van der Waals surface area contributed by atoms with Gasteiger partial charge in [-0.2, -0.15) is 0 Å². The van der Waals surface area contributed by atoms with Gasteiger partial charge in [0.15, 0.2) is 0 Å². The number of carbonyl (C=O) groups excluding carboxylic acids is 1. The molecule has 1 aromatic carbocycles. The molecule has 106 valence electrons. The summed E-state index contributed by atoms with van der Waals surface area (Å²) in [4.78, 5) is 11.7. The Morgan fingerprint density at radius 2 is 1.84 bits per heavy atom. The minimum Gasteiger partial charge on any atom is -0.355 e. The summed E-state index contributed by atoms with van der Waals surface area (Å²) in [5.41, 5.74) is 1.12. The van der Waals surface area contributed by atoms with Crippen molar-refractivity contribution >= 4 is 15.9 Å². The molecule has 1 unspecified atom stereocenters. The second-order valence-electron chi connectivity index (χ2n) is 4.53. The highest BCUT2D eigenvalue weighted by atomic mass is 32.2. The van der Waals surface area contributed by atoms with E-state index in [4.69, 9.17) is 0 Å². The summed E-state index contributed by atoms with van der Waals surface area (Å²) in [5.74, 6) is 0.0655. The van der Waals surface area contributed by atoms with Crippen molar-refractivity contribution in [2.45, 2.75) is 19.3 Å². The van der Waals surface area contributed by atoms with Crippen LogP contribution in [0.1, 0.15) is 24.8 Å². The molecule has 1 amide bonds. The minimum atomic E-state index is -3.19. The average molecular weight is 284 g/mol. The SMILES string of the molecule is CC(CC(=O)NCCNS(C)(=O)=O)c1ccccc1. The molecule has 0 aliphatic heterocycles. The van der Waals surface area contributed by atoms with Crippen molar-refractivity contribution in [3.63, 3.8) is 0 Å². The predicted molar refractivity (Wildman–Crippen MR) is 75.3 cm³/mol. The number of hydrogen-bond donors (Lipinski definition) is 2. The zero-order chi connectivity index (χ0) is 14.3. The fourth-order valence-electron chi connectivity index (χ4n) is 1.69. The quantitative estimate of drug-likeness (QED) is 0.729. The number of hydrogen-bond acceptors (Lipinski definition) is 3. The first-order chi connectivity index (χ1) is 8.88. The second kappa shape index (κ2) is 7.25. The molecule has 2 N–H and O–H groups in total. The van der Waals surface area contributed by atoms with Crippen LogP contribution in [0.2, 0.25) is 0 Å². The van der Waals surface area contributed by atoms with Gasteiger partial charge in [0, 0.05) is 19.5 Å². The first kappa shape index (κ1) is 15.7. The Kier molecular flexibility index (Phi) is 5.98. The smallest absolute Gasteiger partial charge is 0.220 e. The summed E-state index contributed by atoms with van der Waals surface area (Å²) in [5, 5.41) is 2.69. The van der Waals surface area contributed by atoms with Gasteiger partial charge in [-0.25, -0.2) is 13.1 Å². The molecular weight excluding hydrogens is 264 g/mol. The van der Waals surface area contributed by atoms with E-state index in [1.165, 1.54) is 0 Å². The molecule has 1 atom stereocenters. The van der Waals surface area contributed by atoms with Gasteiger partial charge in [0.2, 0.25) is 15.9 Å². The topological polar surface area (TPSA) is 75.3 Å². The molecule has 0 bridgehead atoms. The van der Waals surface area contributed by atoms with Crippen LogP contribution in [0, 0.1) is 0 Å². The largest absolute Gasteiger partial charge is 0.355 e. The van der Waals surface area contributed by atoms with E-state index in [9.17, 15) is 13.2 Å². The van der Waals surface area contributed by atoms with Crippen molar-refractivity contribution in [1.82, 2.24) is 10.0 Å². The summed E-state index contributed by atoms with van der Waals surface area (Å²) in [7, 11) is -3.19. The lowest BCUT2D eigenvalue weighted by Crippen LogP contribution is -2.34. The van der Waals surface area contributed by atoms with Gasteiger partial charge in [-0.15, -0.1) is 0 Å². The van der Waals surface area contributed by atoms with Gasteiger partial charge in [-0.1, -0.05) is 37.3 Å². The molecule has 0 fully saturated rings. The highest BCUT2D eigenvalue weighted by molar-refractivity contribution is 7.88. The Morgan fingerprint density at radius 3 is 2.42 bits per heavy atom. The number of carbonyl (C=O) groups is 1. The summed E-state index contributed by atoms with van der Waals surface area (Å²) in [6.45, 7) is 2.50. The predicted octanol–water partition coefficient (Wildman–Crippen LogP) is 0.846.